The minimum absolute atomic E-state index is 0.124. The third-order valence-corrected chi connectivity index (χ3v) is 3.71. The van der Waals surface area contributed by atoms with Crippen molar-refractivity contribution >= 4 is 34.2 Å². The van der Waals surface area contributed by atoms with Crippen molar-refractivity contribution in [3.63, 3.8) is 0 Å². The summed E-state index contributed by atoms with van der Waals surface area (Å²) < 4.78 is 2.61. The molecule has 0 aliphatic heterocycles. The molecule has 0 fully saturated rings. The van der Waals surface area contributed by atoms with Crippen molar-refractivity contribution in [2.75, 3.05) is 17.2 Å². The van der Waals surface area contributed by atoms with Crippen molar-refractivity contribution in [2.24, 2.45) is 0 Å². The van der Waals surface area contributed by atoms with E-state index in [-0.39, 0.29) is 31.0 Å². The van der Waals surface area contributed by atoms with Gasteiger partial charge in [0.05, 0.1) is 19.3 Å². The van der Waals surface area contributed by atoms with Gasteiger partial charge in [0.2, 0.25) is 11.8 Å². The number of nitrogens with zero attached hydrogens (tertiary/aromatic N) is 4. The Bertz CT molecular complexity index is 1060. The van der Waals surface area contributed by atoms with E-state index >= 15 is 0 Å². The fourth-order valence-electron chi connectivity index (χ4n) is 2.60. The number of hydrogen-bond acceptors (Lipinski definition) is 6. The minimum Gasteiger partial charge on any atom is -0.394 e. The van der Waals surface area contributed by atoms with E-state index in [9.17, 15) is 14.4 Å². The average Bonchev–Trinajstić information content (AvgIpc) is 3.01. The number of fused-ring (bicyclic) bond motifs is 1. The van der Waals surface area contributed by atoms with E-state index in [4.69, 9.17) is 5.11 Å². The molecule has 3 N–H and O–H groups in total. The highest BCUT2D eigenvalue weighted by atomic mass is 16.3. The molecule has 0 bridgehead atoms. The molecular formula is C17H18N6O4. The summed E-state index contributed by atoms with van der Waals surface area (Å²) in [6, 6.07) is 6.68. The highest BCUT2D eigenvalue weighted by Gasteiger charge is 2.12. The highest BCUT2D eigenvalue weighted by Crippen LogP contribution is 2.15. The number of aliphatic hydroxyl groups is 1. The van der Waals surface area contributed by atoms with Crippen molar-refractivity contribution in [2.45, 2.75) is 20.0 Å². The van der Waals surface area contributed by atoms with Crippen LogP contribution in [-0.2, 0) is 22.7 Å². The van der Waals surface area contributed by atoms with E-state index in [2.05, 4.69) is 20.7 Å². The highest BCUT2D eigenvalue weighted by molar-refractivity contribution is 5.93. The van der Waals surface area contributed by atoms with Crippen LogP contribution in [-0.4, -0.2) is 42.9 Å². The number of carbonyl (C=O) groups is 2. The second kappa shape index (κ2) is 7.79. The molecule has 0 atom stereocenters. The molecule has 0 spiro atoms. The number of rotatable bonds is 6. The van der Waals surface area contributed by atoms with Gasteiger partial charge in [-0.25, -0.2) is 9.67 Å². The van der Waals surface area contributed by atoms with Crippen molar-refractivity contribution < 1.29 is 14.7 Å². The largest absolute Gasteiger partial charge is 0.394 e. The lowest BCUT2D eigenvalue weighted by Crippen LogP contribution is -2.28. The van der Waals surface area contributed by atoms with Gasteiger partial charge in [0.25, 0.3) is 5.56 Å². The molecule has 2 aromatic heterocycles. The first-order valence-electron chi connectivity index (χ1n) is 8.17. The third kappa shape index (κ3) is 4.18. The minimum atomic E-state index is -0.416. The summed E-state index contributed by atoms with van der Waals surface area (Å²) in [4.78, 5) is 40.0. The second-order valence-electron chi connectivity index (χ2n) is 5.82. The van der Waals surface area contributed by atoms with Gasteiger partial charge in [-0.15, -0.1) is 0 Å². The van der Waals surface area contributed by atoms with Crippen LogP contribution in [0.3, 0.4) is 0 Å². The van der Waals surface area contributed by atoms with Crippen LogP contribution in [0.1, 0.15) is 6.92 Å². The molecule has 0 aliphatic carbocycles. The van der Waals surface area contributed by atoms with Crippen molar-refractivity contribution in [3.8, 4) is 0 Å². The standard InChI is InChI=1S/C17H18N6O4/c1-11(25)20-12-3-2-4-13(7-12)21-15(26)9-22-10-18-16-14(17(22)27)8-19-23(16)5-6-24/h2-4,7-8,10,24H,5-6,9H2,1H3,(H,20,25)(H,21,26). The van der Waals surface area contributed by atoms with Gasteiger partial charge in [-0.05, 0) is 18.2 Å². The molecule has 140 valence electrons. The first-order valence-corrected chi connectivity index (χ1v) is 8.17. The SMILES string of the molecule is CC(=O)Nc1cccc(NC(=O)Cn2cnc3c(cnn3CCO)c2=O)c1. The predicted octanol–water partition coefficient (Wildman–Crippen LogP) is 0.182. The maximum absolute atomic E-state index is 12.5. The normalized spacial score (nSPS) is 10.7. The summed E-state index contributed by atoms with van der Waals surface area (Å²) in [5.41, 5.74) is 1.00. The van der Waals surface area contributed by atoms with E-state index in [1.54, 1.807) is 24.3 Å². The van der Waals surface area contributed by atoms with Gasteiger partial charge >= 0.3 is 0 Å². The lowest BCUT2D eigenvalue weighted by molar-refractivity contribution is -0.117. The van der Waals surface area contributed by atoms with Crippen LogP contribution in [0.25, 0.3) is 11.0 Å². The molecule has 2 heterocycles. The smallest absolute Gasteiger partial charge is 0.264 e. The number of amides is 2. The Labute approximate surface area is 153 Å². The Morgan fingerprint density at radius 2 is 1.96 bits per heavy atom. The third-order valence-electron chi connectivity index (χ3n) is 3.71. The van der Waals surface area contributed by atoms with Crippen LogP contribution < -0.4 is 16.2 Å². The number of aromatic nitrogens is 4. The molecule has 0 saturated carbocycles. The number of hydrogen-bond donors (Lipinski definition) is 3. The number of anilines is 2. The summed E-state index contributed by atoms with van der Waals surface area (Å²) >= 11 is 0. The first kappa shape index (κ1) is 18.3. The van der Waals surface area contributed by atoms with Crippen molar-refractivity contribution in [3.05, 3.63) is 47.1 Å². The molecule has 3 rings (SSSR count). The zero-order valence-corrected chi connectivity index (χ0v) is 14.5. The van der Waals surface area contributed by atoms with Crippen LogP contribution in [0, 0.1) is 0 Å². The maximum atomic E-state index is 12.5. The van der Waals surface area contributed by atoms with Gasteiger partial charge in [-0.1, -0.05) is 6.07 Å². The lowest BCUT2D eigenvalue weighted by atomic mass is 10.2. The Hall–Kier alpha value is -3.53. The van der Waals surface area contributed by atoms with Gasteiger partial charge in [0.1, 0.15) is 18.3 Å². The number of benzene rings is 1. The van der Waals surface area contributed by atoms with Gasteiger partial charge in [0, 0.05) is 18.3 Å². The van der Waals surface area contributed by atoms with Gasteiger partial charge in [0.15, 0.2) is 5.65 Å². The Balaban J connectivity index is 1.75. The quantitative estimate of drug-likeness (QED) is 0.567. The summed E-state index contributed by atoms with van der Waals surface area (Å²) in [7, 11) is 0. The van der Waals surface area contributed by atoms with E-state index < -0.39 is 11.5 Å². The van der Waals surface area contributed by atoms with Crippen LogP contribution in [0.15, 0.2) is 41.6 Å². The molecule has 0 saturated heterocycles. The summed E-state index contributed by atoms with van der Waals surface area (Å²) in [6.45, 7) is 1.27. The Morgan fingerprint density at radius 3 is 2.67 bits per heavy atom. The summed E-state index contributed by atoms with van der Waals surface area (Å²) in [6.07, 6.45) is 2.64. The zero-order valence-electron chi connectivity index (χ0n) is 14.5. The second-order valence-corrected chi connectivity index (χ2v) is 5.82. The molecule has 0 unspecified atom stereocenters. The van der Waals surface area contributed by atoms with Crippen molar-refractivity contribution in [1.29, 1.82) is 0 Å². The fraction of sp³-hybridized carbons (Fsp3) is 0.235. The molecule has 27 heavy (non-hydrogen) atoms. The molecule has 1 aromatic carbocycles. The molecule has 0 radical (unpaired) electrons. The zero-order chi connectivity index (χ0) is 19.4. The van der Waals surface area contributed by atoms with Gasteiger partial charge in [-0.3, -0.25) is 19.0 Å². The lowest BCUT2D eigenvalue weighted by Gasteiger charge is -2.09. The van der Waals surface area contributed by atoms with E-state index in [1.807, 2.05) is 0 Å². The fourth-order valence-corrected chi connectivity index (χ4v) is 2.60. The topological polar surface area (TPSA) is 131 Å². The van der Waals surface area contributed by atoms with Crippen LogP contribution in [0.2, 0.25) is 0 Å². The molecular weight excluding hydrogens is 352 g/mol. The van der Waals surface area contributed by atoms with Gasteiger partial charge < -0.3 is 15.7 Å². The van der Waals surface area contributed by atoms with Crippen LogP contribution in [0.4, 0.5) is 11.4 Å². The van der Waals surface area contributed by atoms with Crippen molar-refractivity contribution in [1.82, 2.24) is 19.3 Å². The Morgan fingerprint density at radius 1 is 1.22 bits per heavy atom. The molecule has 2 amide bonds. The first-order chi connectivity index (χ1) is 13.0. The van der Waals surface area contributed by atoms with Gasteiger partial charge in [-0.2, -0.15) is 5.10 Å². The predicted molar refractivity (Wildman–Crippen MR) is 98.2 cm³/mol. The van der Waals surface area contributed by atoms with Crippen LogP contribution >= 0.6 is 0 Å². The number of nitrogens with one attached hydrogen (secondary N) is 2. The number of aliphatic hydroxyl groups excluding tert-OH is 1. The Kier molecular flexibility index (Phi) is 5.27. The average molecular weight is 370 g/mol. The molecule has 10 heteroatoms. The van der Waals surface area contributed by atoms with E-state index in [1.165, 1.54) is 28.7 Å². The molecule has 10 nitrogen and oxygen atoms in total. The number of carbonyl (C=O) groups excluding carboxylic acids is 2. The summed E-state index contributed by atoms with van der Waals surface area (Å²) in [5.74, 6) is -0.632. The monoisotopic (exact) mass is 370 g/mol. The van der Waals surface area contributed by atoms with E-state index in [0.29, 0.717) is 17.0 Å². The van der Waals surface area contributed by atoms with E-state index in [0.717, 1.165) is 0 Å². The molecule has 0 aliphatic rings. The molecule has 3 aromatic rings. The van der Waals surface area contributed by atoms with Crippen LogP contribution in [0.5, 0.6) is 0 Å². The maximum Gasteiger partial charge on any atom is 0.264 e. The summed E-state index contributed by atoms with van der Waals surface area (Å²) in [5, 5.41) is 18.6.